The Hall–Kier alpha value is -2.60. The predicted molar refractivity (Wildman–Crippen MR) is 94.8 cm³/mol. The average Bonchev–Trinajstić information content (AvgIpc) is 3.11. The Kier molecular flexibility index (Phi) is 4.05. The zero-order chi connectivity index (χ0) is 17.4. The number of rotatable bonds is 4. The van der Waals surface area contributed by atoms with Gasteiger partial charge in [0.25, 0.3) is 0 Å². The molecule has 6 heteroatoms. The van der Waals surface area contributed by atoms with Crippen LogP contribution in [0.25, 0.3) is 0 Å². The lowest BCUT2D eigenvalue weighted by Crippen LogP contribution is -2.37. The summed E-state index contributed by atoms with van der Waals surface area (Å²) in [7, 11) is 5.45. The highest BCUT2D eigenvalue weighted by Crippen LogP contribution is 2.49. The van der Waals surface area contributed by atoms with Crippen LogP contribution in [0.15, 0.2) is 30.3 Å². The average molecular weight is 342 g/mol. The Morgan fingerprint density at radius 3 is 2.64 bits per heavy atom. The van der Waals surface area contributed by atoms with E-state index in [4.69, 9.17) is 18.9 Å². The van der Waals surface area contributed by atoms with E-state index < -0.39 is 0 Å². The number of benzene rings is 2. The fraction of sp³-hybridized carbons (Fsp3) is 0.368. The molecule has 1 N–H and O–H groups in total. The Morgan fingerprint density at radius 1 is 1.12 bits per heavy atom. The van der Waals surface area contributed by atoms with Crippen LogP contribution >= 0.6 is 0 Å². The molecule has 2 aliphatic rings. The van der Waals surface area contributed by atoms with Crippen LogP contribution in [0.2, 0.25) is 0 Å². The van der Waals surface area contributed by atoms with Gasteiger partial charge in [0, 0.05) is 17.8 Å². The molecule has 0 amide bonds. The first kappa shape index (κ1) is 15.9. The maximum atomic E-state index is 5.72. The zero-order valence-electron chi connectivity index (χ0n) is 14.7. The minimum absolute atomic E-state index is 0.0124. The molecule has 2 aromatic carbocycles. The highest BCUT2D eigenvalue weighted by molar-refractivity contribution is 5.63. The molecule has 0 aliphatic carbocycles. The van der Waals surface area contributed by atoms with Crippen molar-refractivity contribution < 1.29 is 18.9 Å². The summed E-state index contributed by atoms with van der Waals surface area (Å²) in [5.41, 5.74) is 3.35. The molecule has 0 spiro atoms. The number of hydrogen-bond donors (Lipinski definition) is 1. The molecular formula is C19H22N2O4. The maximum Gasteiger partial charge on any atom is 0.231 e. The molecule has 0 saturated heterocycles. The monoisotopic (exact) mass is 342 g/mol. The van der Waals surface area contributed by atoms with E-state index in [2.05, 4.69) is 23.3 Å². The van der Waals surface area contributed by atoms with Gasteiger partial charge >= 0.3 is 0 Å². The smallest absolute Gasteiger partial charge is 0.231 e. The van der Waals surface area contributed by atoms with E-state index in [0.29, 0.717) is 5.75 Å². The van der Waals surface area contributed by atoms with Gasteiger partial charge in [0.1, 0.15) is 11.9 Å². The lowest BCUT2D eigenvalue weighted by molar-refractivity contribution is 0.170. The van der Waals surface area contributed by atoms with Crippen LogP contribution in [0, 0.1) is 0 Å². The highest BCUT2D eigenvalue weighted by atomic mass is 16.7. The molecule has 0 fully saturated rings. The molecule has 1 unspecified atom stereocenters. The van der Waals surface area contributed by atoms with Crippen molar-refractivity contribution in [1.29, 1.82) is 0 Å². The summed E-state index contributed by atoms with van der Waals surface area (Å²) >= 11 is 0. The van der Waals surface area contributed by atoms with Crippen LogP contribution in [-0.4, -0.2) is 39.5 Å². The van der Waals surface area contributed by atoms with Crippen molar-refractivity contribution in [2.45, 2.75) is 12.6 Å². The van der Waals surface area contributed by atoms with Crippen molar-refractivity contribution >= 4 is 5.69 Å². The van der Waals surface area contributed by atoms with Gasteiger partial charge in [0.2, 0.25) is 12.5 Å². The second-order valence-corrected chi connectivity index (χ2v) is 6.22. The number of hydrogen-bond acceptors (Lipinski definition) is 6. The number of methoxy groups -OCH3 is 2. The Balaban J connectivity index is 1.74. The number of likely N-dealkylation sites (N-methyl/N-ethyl adjacent to an activating group) is 1. The summed E-state index contributed by atoms with van der Waals surface area (Å²) in [5.74, 6) is 3.05. The van der Waals surface area contributed by atoms with E-state index >= 15 is 0 Å². The van der Waals surface area contributed by atoms with Gasteiger partial charge in [-0.3, -0.25) is 4.90 Å². The van der Waals surface area contributed by atoms with Crippen molar-refractivity contribution in [2.24, 2.45) is 0 Å². The summed E-state index contributed by atoms with van der Waals surface area (Å²) in [4.78, 5) is 2.28. The molecule has 0 bridgehead atoms. The Labute approximate surface area is 147 Å². The first-order chi connectivity index (χ1) is 12.2. The second-order valence-electron chi connectivity index (χ2n) is 6.22. The van der Waals surface area contributed by atoms with Crippen molar-refractivity contribution in [1.82, 2.24) is 4.90 Å². The summed E-state index contributed by atoms with van der Waals surface area (Å²) in [6.07, 6.45) is 0.932. The summed E-state index contributed by atoms with van der Waals surface area (Å²) < 4.78 is 22.2. The summed E-state index contributed by atoms with van der Waals surface area (Å²) in [6, 6.07) is 10.0. The largest absolute Gasteiger partial charge is 0.497 e. The first-order valence-electron chi connectivity index (χ1n) is 8.31. The normalized spacial score (nSPS) is 18.6. The molecule has 25 heavy (non-hydrogen) atoms. The number of nitrogens with zero attached hydrogens (tertiary/aromatic N) is 1. The third kappa shape index (κ3) is 2.72. The lowest BCUT2D eigenvalue weighted by Gasteiger charge is -2.36. The molecule has 0 radical (unpaired) electrons. The van der Waals surface area contributed by atoms with E-state index in [-0.39, 0.29) is 13.0 Å². The van der Waals surface area contributed by atoms with E-state index in [1.54, 1.807) is 14.2 Å². The Morgan fingerprint density at radius 2 is 1.92 bits per heavy atom. The van der Waals surface area contributed by atoms with Gasteiger partial charge in [-0.25, -0.2) is 0 Å². The van der Waals surface area contributed by atoms with Crippen LogP contribution < -0.4 is 24.3 Å². The first-order valence-corrected chi connectivity index (χ1v) is 8.31. The standard InChI is InChI=1S/C19H22N2O4/c1-21-9-8-12-10-15-17(25-11-24-15)18(23-3)16(12)19(21)20-13-4-6-14(22-2)7-5-13/h4-7,10,19-20H,8-9,11H2,1-3H3. The maximum absolute atomic E-state index is 5.72. The number of anilines is 1. The molecule has 2 aliphatic heterocycles. The van der Waals surface area contributed by atoms with Gasteiger partial charge in [0.15, 0.2) is 11.5 Å². The highest BCUT2D eigenvalue weighted by Gasteiger charge is 2.33. The molecule has 1 atom stereocenters. The third-order valence-electron chi connectivity index (χ3n) is 4.79. The van der Waals surface area contributed by atoms with Crippen LogP contribution in [0.1, 0.15) is 17.3 Å². The van der Waals surface area contributed by atoms with Gasteiger partial charge < -0.3 is 24.3 Å². The van der Waals surface area contributed by atoms with E-state index in [1.165, 1.54) is 5.56 Å². The molecule has 132 valence electrons. The van der Waals surface area contributed by atoms with E-state index in [0.717, 1.165) is 41.5 Å². The van der Waals surface area contributed by atoms with E-state index in [9.17, 15) is 0 Å². The summed E-state index contributed by atoms with van der Waals surface area (Å²) in [5, 5.41) is 3.60. The molecule has 4 rings (SSSR count). The number of fused-ring (bicyclic) bond motifs is 2. The lowest BCUT2D eigenvalue weighted by atomic mass is 9.94. The molecule has 2 heterocycles. The number of nitrogens with one attached hydrogen (secondary N) is 1. The molecule has 0 aromatic heterocycles. The van der Waals surface area contributed by atoms with Gasteiger partial charge in [-0.1, -0.05) is 0 Å². The Bertz CT molecular complexity index is 776. The quantitative estimate of drug-likeness (QED) is 0.922. The van der Waals surface area contributed by atoms with Crippen LogP contribution in [0.5, 0.6) is 23.0 Å². The van der Waals surface area contributed by atoms with Gasteiger partial charge in [0.05, 0.1) is 14.2 Å². The third-order valence-corrected chi connectivity index (χ3v) is 4.79. The molecular weight excluding hydrogens is 320 g/mol. The van der Waals surface area contributed by atoms with Crippen molar-refractivity contribution in [3.63, 3.8) is 0 Å². The van der Waals surface area contributed by atoms with Crippen molar-refractivity contribution in [2.75, 3.05) is 39.9 Å². The fourth-order valence-electron chi connectivity index (χ4n) is 3.46. The van der Waals surface area contributed by atoms with Crippen molar-refractivity contribution in [3.05, 3.63) is 41.5 Å². The van der Waals surface area contributed by atoms with Crippen LogP contribution in [-0.2, 0) is 6.42 Å². The van der Waals surface area contributed by atoms with Crippen molar-refractivity contribution in [3.8, 4) is 23.0 Å². The second kappa shape index (κ2) is 6.37. The minimum atomic E-state index is -0.0124. The van der Waals surface area contributed by atoms with E-state index in [1.807, 2.05) is 24.3 Å². The minimum Gasteiger partial charge on any atom is -0.497 e. The van der Waals surface area contributed by atoms with Gasteiger partial charge in [-0.2, -0.15) is 0 Å². The SMILES string of the molecule is COc1ccc(NC2c3c(cc4c(c3OC)OCO4)CCN2C)cc1. The molecule has 2 aromatic rings. The number of ether oxygens (including phenoxy) is 4. The van der Waals surface area contributed by atoms with Crippen LogP contribution in [0.4, 0.5) is 5.69 Å². The zero-order valence-corrected chi connectivity index (χ0v) is 14.7. The van der Waals surface area contributed by atoms with Gasteiger partial charge in [-0.15, -0.1) is 0 Å². The molecule has 6 nitrogen and oxygen atoms in total. The topological polar surface area (TPSA) is 52.2 Å². The van der Waals surface area contributed by atoms with Crippen LogP contribution in [0.3, 0.4) is 0 Å². The van der Waals surface area contributed by atoms with Gasteiger partial charge in [-0.05, 0) is 49.4 Å². The summed E-state index contributed by atoms with van der Waals surface area (Å²) in [6.45, 7) is 1.19. The molecule has 0 saturated carbocycles. The predicted octanol–water partition coefficient (Wildman–Crippen LogP) is 3.03. The fourth-order valence-corrected chi connectivity index (χ4v) is 3.46.